The topological polar surface area (TPSA) is 68.2 Å². The average molecular weight is 368 g/mol. The van der Waals surface area contributed by atoms with Crippen molar-refractivity contribution in [1.29, 1.82) is 0 Å². The van der Waals surface area contributed by atoms with Crippen molar-refractivity contribution in [1.82, 2.24) is 20.4 Å². The number of carbonyl (C=O) groups is 1. The van der Waals surface area contributed by atoms with Crippen molar-refractivity contribution in [3.63, 3.8) is 0 Å². The fraction of sp³-hybridized carbons (Fsp3) is 0.524. The van der Waals surface area contributed by atoms with Crippen LogP contribution in [0.1, 0.15) is 48.9 Å². The number of hydrogen-bond donors (Lipinski definition) is 2. The number of rotatable bonds is 5. The van der Waals surface area contributed by atoms with E-state index in [-0.39, 0.29) is 18.0 Å². The molecule has 6 nitrogen and oxygen atoms in total. The molecule has 0 radical (unpaired) electrons. The monoisotopic (exact) mass is 368 g/mol. The van der Waals surface area contributed by atoms with Crippen LogP contribution in [0.5, 0.6) is 5.75 Å². The minimum Gasteiger partial charge on any atom is -0.497 e. The van der Waals surface area contributed by atoms with Crippen molar-refractivity contribution in [3.8, 4) is 5.75 Å². The first-order valence-electron chi connectivity index (χ1n) is 9.90. The molecule has 2 N–H and O–H groups in total. The number of benzene rings is 1. The Labute approximate surface area is 160 Å². The summed E-state index contributed by atoms with van der Waals surface area (Å²) in [6, 6.07) is 7.02. The molecule has 3 atom stereocenters. The van der Waals surface area contributed by atoms with E-state index in [1.807, 2.05) is 23.1 Å². The van der Waals surface area contributed by atoms with Gasteiger partial charge in [0.1, 0.15) is 5.75 Å². The van der Waals surface area contributed by atoms with Crippen LogP contribution in [-0.2, 0) is 24.2 Å². The van der Waals surface area contributed by atoms with Crippen LogP contribution in [0, 0.1) is 0 Å². The van der Waals surface area contributed by atoms with E-state index in [0.717, 1.165) is 43.5 Å². The van der Waals surface area contributed by atoms with E-state index in [0.29, 0.717) is 12.5 Å². The van der Waals surface area contributed by atoms with Crippen LogP contribution in [0.15, 0.2) is 30.6 Å². The van der Waals surface area contributed by atoms with E-state index < -0.39 is 0 Å². The van der Waals surface area contributed by atoms with Crippen molar-refractivity contribution in [2.75, 3.05) is 7.11 Å². The van der Waals surface area contributed by atoms with E-state index in [1.165, 1.54) is 11.1 Å². The largest absolute Gasteiger partial charge is 0.497 e. The summed E-state index contributed by atoms with van der Waals surface area (Å²) < 4.78 is 7.30. The minimum absolute atomic E-state index is 0.0155. The van der Waals surface area contributed by atoms with Gasteiger partial charge in [0.15, 0.2) is 0 Å². The Bertz CT molecular complexity index is 816. The Kier molecular flexibility index (Phi) is 5.16. The highest BCUT2D eigenvalue weighted by Crippen LogP contribution is 2.29. The molecular formula is C21H28N4O2. The third-order valence-electron chi connectivity index (χ3n) is 5.83. The summed E-state index contributed by atoms with van der Waals surface area (Å²) in [6.07, 6.45) is 8.56. The van der Waals surface area contributed by atoms with Crippen LogP contribution in [0.2, 0.25) is 0 Å². The van der Waals surface area contributed by atoms with Crippen LogP contribution in [0.25, 0.3) is 0 Å². The first-order valence-corrected chi connectivity index (χ1v) is 9.90. The van der Waals surface area contributed by atoms with Crippen molar-refractivity contribution < 1.29 is 9.53 Å². The maximum atomic E-state index is 12.0. The van der Waals surface area contributed by atoms with Gasteiger partial charge in [-0.25, -0.2) is 0 Å². The van der Waals surface area contributed by atoms with Gasteiger partial charge in [0.05, 0.1) is 19.3 Å². The molecule has 6 heteroatoms. The van der Waals surface area contributed by atoms with Crippen LogP contribution in [0.3, 0.4) is 0 Å². The second-order valence-electron chi connectivity index (χ2n) is 7.56. The SMILES string of the molecule is CCn1cc([C@@H]2NC(=O)CC[C@H]2N[C@H]2CCc3ccc(OC)cc3C2)cn1. The zero-order valence-corrected chi connectivity index (χ0v) is 16.1. The third kappa shape index (κ3) is 3.86. The lowest BCUT2D eigenvalue weighted by molar-refractivity contribution is -0.124. The molecule has 0 spiro atoms. The molecule has 2 aliphatic rings. The Morgan fingerprint density at radius 1 is 1.30 bits per heavy atom. The number of hydrogen-bond acceptors (Lipinski definition) is 4. The molecule has 1 aromatic carbocycles. The van der Waals surface area contributed by atoms with Gasteiger partial charge in [-0.2, -0.15) is 5.10 Å². The Hall–Kier alpha value is -2.34. The number of piperidine rings is 1. The van der Waals surface area contributed by atoms with E-state index in [2.05, 4.69) is 34.8 Å². The van der Waals surface area contributed by atoms with E-state index in [9.17, 15) is 4.79 Å². The summed E-state index contributed by atoms with van der Waals surface area (Å²) >= 11 is 0. The van der Waals surface area contributed by atoms with E-state index in [1.54, 1.807) is 7.11 Å². The Morgan fingerprint density at radius 3 is 2.96 bits per heavy atom. The summed E-state index contributed by atoms with van der Waals surface area (Å²) in [5.74, 6) is 1.05. The number of nitrogens with zero attached hydrogens (tertiary/aromatic N) is 2. The second kappa shape index (κ2) is 7.72. The van der Waals surface area contributed by atoms with Gasteiger partial charge >= 0.3 is 0 Å². The fourth-order valence-electron chi connectivity index (χ4n) is 4.31. The Balaban J connectivity index is 1.49. The lowest BCUT2D eigenvalue weighted by Crippen LogP contribution is -2.52. The molecule has 1 saturated heterocycles. The summed E-state index contributed by atoms with van der Waals surface area (Å²) in [4.78, 5) is 12.0. The predicted molar refractivity (Wildman–Crippen MR) is 104 cm³/mol. The normalized spacial score (nSPS) is 25.0. The maximum Gasteiger partial charge on any atom is 0.220 e. The number of methoxy groups -OCH3 is 1. The zero-order chi connectivity index (χ0) is 18.8. The second-order valence-corrected chi connectivity index (χ2v) is 7.56. The van der Waals surface area contributed by atoms with Crippen LogP contribution in [0.4, 0.5) is 0 Å². The van der Waals surface area contributed by atoms with E-state index >= 15 is 0 Å². The summed E-state index contributed by atoms with van der Waals surface area (Å²) in [5.41, 5.74) is 3.88. The molecule has 1 fully saturated rings. The zero-order valence-electron chi connectivity index (χ0n) is 16.1. The molecule has 4 rings (SSSR count). The lowest BCUT2D eigenvalue weighted by Gasteiger charge is -2.37. The van der Waals surface area contributed by atoms with Gasteiger partial charge in [-0.15, -0.1) is 0 Å². The third-order valence-corrected chi connectivity index (χ3v) is 5.83. The number of ether oxygens (including phenoxy) is 1. The lowest BCUT2D eigenvalue weighted by atomic mass is 9.86. The molecule has 0 bridgehead atoms. The highest BCUT2D eigenvalue weighted by molar-refractivity contribution is 5.77. The number of amides is 1. The molecule has 1 aliphatic heterocycles. The van der Waals surface area contributed by atoms with Gasteiger partial charge in [0.25, 0.3) is 0 Å². The van der Waals surface area contributed by atoms with Crippen LogP contribution in [-0.4, -0.2) is 34.9 Å². The quantitative estimate of drug-likeness (QED) is 0.850. The van der Waals surface area contributed by atoms with Crippen molar-refractivity contribution in [2.24, 2.45) is 0 Å². The molecular weight excluding hydrogens is 340 g/mol. The molecule has 1 aliphatic carbocycles. The van der Waals surface area contributed by atoms with Gasteiger partial charge in [0, 0.05) is 36.8 Å². The van der Waals surface area contributed by atoms with Gasteiger partial charge in [0.2, 0.25) is 5.91 Å². The smallest absolute Gasteiger partial charge is 0.220 e. The minimum atomic E-state index is -0.0155. The predicted octanol–water partition coefficient (Wildman–Crippen LogP) is 2.38. The number of aryl methyl sites for hydroxylation is 2. The van der Waals surface area contributed by atoms with Crippen molar-refractivity contribution in [3.05, 3.63) is 47.3 Å². The highest BCUT2D eigenvalue weighted by atomic mass is 16.5. The molecule has 2 heterocycles. The van der Waals surface area contributed by atoms with E-state index in [4.69, 9.17) is 4.74 Å². The van der Waals surface area contributed by atoms with Gasteiger partial charge in [-0.05, 0) is 55.9 Å². The highest BCUT2D eigenvalue weighted by Gasteiger charge is 2.33. The Morgan fingerprint density at radius 2 is 2.19 bits per heavy atom. The number of aromatic nitrogens is 2. The average Bonchev–Trinajstić information content (AvgIpc) is 3.18. The van der Waals surface area contributed by atoms with Crippen molar-refractivity contribution >= 4 is 5.91 Å². The van der Waals surface area contributed by atoms with Gasteiger partial charge < -0.3 is 15.4 Å². The molecule has 1 amide bonds. The molecule has 0 saturated carbocycles. The number of carbonyl (C=O) groups excluding carboxylic acids is 1. The van der Waals surface area contributed by atoms with Crippen LogP contribution < -0.4 is 15.4 Å². The van der Waals surface area contributed by atoms with Gasteiger partial charge in [-0.1, -0.05) is 6.07 Å². The fourth-order valence-corrected chi connectivity index (χ4v) is 4.31. The molecule has 2 aromatic rings. The van der Waals surface area contributed by atoms with Crippen LogP contribution >= 0.6 is 0 Å². The number of nitrogens with one attached hydrogen (secondary N) is 2. The molecule has 1 aromatic heterocycles. The summed E-state index contributed by atoms with van der Waals surface area (Å²) in [5, 5.41) is 11.4. The molecule has 27 heavy (non-hydrogen) atoms. The maximum absolute atomic E-state index is 12.0. The number of fused-ring (bicyclic) bond motifs is 1. The molecule has 0 unspecified atom stereocenters. The van der Waals surface area contributed by atoms with Crippen molar-refractivity contribution in [2.45, 2.75) is 63.7 Å². The molecule has 144 valence electrons. The standard InChI is InChI=1S/C21H28N4O2/c1-3-25-13-16(12-22-25)21-19(8-9-20(26)24-21)23-17-6-4-14-5-7-18(27-2)11-15(14)10-17/h5,7,11-13,17,19,21,23H,3-4,6,8-10H2,1-2H3,(H,24,26)/t17-,19+,21-/m0/s1. The van der Waals surface area contributed by atoms with Gasteiger partial charge in [-0.3, -0.25) is 9.48 Å². The first kappa shape index (κ1) is 18.0. The summed E-state index contributed by atoms with van der Waals surface area (Å²) in [7, 11) is 1.71. The summed E-state index contributed by atoms with van der Waals surface area (Å²) in [6.45, 7) is 2.90. The first-order chi connectivity index (χ1) is 13.2.